The molecule has 1 aromatic heterocycles. The van der Waals surface area contributed by atoms with E-state index in [0.29, 0.717) is 4.68 Å². The van der Waals surface area contributed by atoms with Gasteiger partial charge in [0.2, 0.25) is 0 Å². The SMILES string of the molecule is C=CCn1nnc(CO)c1C(F)(F)F. The molecule has 78 valence electrons. The van der Waals surface area contributed by atoms with Gasteiger partial charge in [-0.3, -0.25) is 0 Å². The van der Waals surface area contributed by atoms with Crippen molar-refractivity contribution in [1.82, 2.24) is 15.0 Å². The summed E-state index contributed by atoms with van der Waals surface area (Å²) in [6.45, 7) is 2.41. The van der Waals surface area contributed by atoms with E-state index in [1.165, 1.54) is 6.08 Å². The molecular weight excluding hydrogens is 199 g/mol. The van der Waals surface area contributed by atoms with Gasteiger partial charge >= 0.3 is 6.18 Å². The van der Waals surface area contributed by atoms with Crippen molar-refractivity contribution < 1.29 is 18.3 Å². The number of nitrogens with zero attached hydrogens (tertiary/aromatic N) is 3. The number of aromatic nitrogens is 3. The zero-order valence-electron chi connectivity index (χ0n) is 7.12. The molecule has 4 nitrogen and oxygen atoms in total. The summed E-state index contributed by atoms with van der Waals surface area (Å²) in [6.07, 6.45) is -3.30. The Balaban J connectivity index is 3.19. The third-order valence-electron chi connectivity index (χ3n) is 1.53. The summed E-state index contributed by atoms with van der Waals surface area (Å²) in [5.41, 5.74) is -1.50. The normalized spacial score (nSPS) is 11.7. The van der Waals surface area contributed by atoms with Crippen LogP contribution in [0.1, 0.15) is 11.4 Å². The summed E-state index contributed by atoms with van der Waals surface area (Å²) in [7, 11) is 0. The van der Waals surface area contributed by atoms with Crippen molar-refractivity contribution in [1.29, 1.82) is 0 Å². The lowest BCUT2D eigenvalue weighted by molar-refractivity contribution is -0.145. The van der Waals surface area contributed by atoms with Crippen LogP contribution in [0.4, 0.5) is 13.2 Å². The minimum absolute atomic E-state index is 0.0954. The molecule has 0 bridgehead atoms. The molecule has 1 N–H and O–H groups in total. The predicted octanol–water partition coefficient (Wildman–Crippen LogP) is 0.975. The molecule has 7 heteroatoms. The van der Waals surface area contributed by atoms with Crippen LogP contribution in [-0.2, 0) is 19.3 Å². The predicted molar refractivity (Wildman–Crippen MR) is 41.1 cm³/mol. The van der Waals surface area contributed by atoms with Gasteiger partial charge in [0.25, 0.3) is 0 Å². The Labute approximate surface area is 77.7 Å². The van der Waals surface area contributed by atoms with Crippen LogP contribution in [0.3, 0.4) is 0 Å². The number of halogens is 3. The first-order chi connectivity index (χ1) is 6.50. The number of allylic oxidation sites excluding steroid dienone is 1. The number of hydrogen-bond donors (Lipinski definition) is 1. The van der Waals surface area contributed by atoms with Gasteiger partial charge in [0.1, 0.15) is 5.69 Å². The van der Waals surface area contributed by atoms with Crippen LogP contribution in [0.25, 0.3) is 0 Å². The molecular formula is C7H8F3N3O. The third kappa shape index (κ3) is 1.92. The maximum absolute atomic E-state index is 12.4. The third-order valence-corrected chi connectivity index (χ3v) is 1.53. The number of alkyl halides is 3. The van der Waals surface area contributed by atoms with Crippen LogP contribution < -0.4 is 0 Å². The van der Waals surface area contributed by atoms with E-state index >= 15 is 0 Å². The fourth-order valence-electron chi connectivity index (χ4n) is 1.02. The van der Waals surface area contributed by atoms with Crippen molar-refractivity contribution in [3.8, 4) is 0 Å². The summed E-state index contributed by atoms with van der Waals surface area (Å²) in [5.74, 6) is 0. The summed E-state index contributed by atoms with van der Waals surface area (Å²) in [5, 5.41) is 15.1. The molecule has 0 fully saturated rings. The number of aliphatic hydroxyl groups is 1. The average Bonchev–Trinajstić information content (AvgIpc) is 2.47. The van der Waals surface area contributed by atoms with Gasteiger partial charge in [-0.05, 0) is 0 Å². The molecule has 0 saturated carbocycles. The first-order valence-corrected chi connectivity index (χ1v) is 3.72. The molecule has 0 radical (unpaired) electrons. The summed E-state index contributed by atoms with van der Waals surface area (Å²) < 4.78 is 37.9. The van der Waals surface area contributed by atoms with Crippen molar-refractivity contribution in [2.24, 2.45) is 0 Å². The topological polar surface area (TPSA) is 50.9 Å². The van der Waals surface area contributed by atoms with Crippen molar-refractivity contribution in [3.63, 3.8) is 0 Å². The lowest BCUT2D eigenvalue weighted by Gasteiger charge is -2.08. The maximum Gasteiger partial charge on any atom is 0.435 e. The molecule has 0 saturated heterocycles. The number of aliphatic hydroxyl groups excluding tert-OH is 1. The highest BCUT2D eigenvalue weighted by atomic mass is 19.4. The molecule has 1 aromatic rings. The molecule has 0 aromatic carbocycles. The molecule has 0 atom stereocenters. The first kappa shape index (κ1) is 10.7. The molecule has 1 rings (SSSR count). The van der Waals surface area contributed by atoms with Crippen LogP contribution in [0.5, 0.6) is 0 Å². The second-order valence-electron chi connectivity index (χ2n) is 2.51. The molecule has 1 heterocycles. The fraction of sp³-hybridized carbons (Fsp3) is 0.429. The van der Waals surface area contributed by atoms with Crippen molar-refractivity contribution in [2.75, 3.05) is 0 Å². The Kier molecular flexibility index (Phi) is 2.90. The molecule has 0 amide bonds. The maximum atomic E-state index is 12.4. The molecule has 0 aliphatic rings. The molecule has 0 unspecified atom stereocenters. The highest BCUT2D eigenvalue weighted by Gasteiger charge is 2.38. The minimum Gasteiger partial charge on any atom is -0.390 e. The quantitative estimate of drug-likeness (QED) is 0.751. The van der Waals surface area contributed by atoms with Crippen molar-refractivity contribution >= 4 is 0 Å². The van der Waals surface area contributed by atoms with Gasteiger partial charge < -0.3 is 5.11 Å². The Morgan fingerprint density at radius 1 is 1.50 bits per heavy atom. The highest BCUT2D eigenvalue weighted by Crippen LogP contribution is 2.30. The van der Waals surface area contributed by atoms with E-state index < -0.39 is 24.2 Å². The highest BCUT2D eigenvalue weighted by molar-refractivity contribution is 5.13. The van der Waals surface area contributed by atoms with E-state index in [1.807, 2.05) is 0 Å². The minimum atomic E-state index is -4.56. The summed E-state index contributed by atoms with van der Waals surface area (Å²) in [6, 6.07) is 0. The molecule has 0 aliphatic heterocycles. The van der Waals surface area contributed by atoms with Gasteiger partial charge in [-0.2, -0.15) is 13.2 Å². The second kappa shape index (κ2) is 3.79. The first-order valence-electron chi connectivity index (χ1n) is 3.72. The monoisotopic (exact) mass is 207 g/mol. The summed E-state index contributed by atoms with van der Waals surface area (Å²) in [4.78, 5) is 0. The van der Waals surface area contributed by atoms with Gasteiger partial charge in [0.15, 0.2) is 5.69 Å². The van der Waals surface area contributed by atoms with Crippen LogP contribution in [-0.4, -0.2) is 20.1 Å². The van der Waals surface area contributed by atoms with E-state index in [-0.39, 0.29) is 6.54 Å². The Hall–Kier alpha value is -1.37. The van der Waals surface area contributed by atoms with Gasteiger partial charge in [-0.15, -0.1) is 11.7 Å². The second-order valence-corrected chi connectivity index (χ2v) is 2.51. The van der Waals surface area contributed by atoms with Gasteiger partial charge in [0.05, 0.1) is 13.2 Å². The lowest BCUT2D eigenvalue weighted by Crippen LogP contribution is -2.16. The largest absolute Gasteiger partial charge is 0.435 e. The lowest BCUT2D eigenvalue weighted by atomic mass is 10.3. The Morgan fingerprint density at radius 3 is 2.57 bits per heavy atom. The van der Waals surface area contributed by atoms with E-state index in [9.17, 15) is 13.2 Å². The number of rotatable bonds is 3. The van der Waals surface area contributed by atoms with Crippen LogP contribution >= 0.6 is 0 Å². The standard InChI is InChI=1S/C7H8F3N3O/c1-2-3-13-6(7(8,9)10)5(4-14)11-12-13/h2,14H,1,3-4H2. The van der Waals surface area contributed by atoms with E-state index in [4.69, 9.17) is 5.11 Å². The van der Waals surface area contributed by atoms with Gasteiger partial charge in [-0.25, -0.2) is 4.68 Å². The van der Waals surface area contributed by atoms with Crippen LogP contribution in [0.15, 0.2) is 12.7 Å². The Morgan fingerprint density at radius 2 is 2.14 bits per heavy atom. The summed E-state index contributed by atoms with van der Waals surface area (Å²) >= 11 is 0. The van der Waals surface area contributed by atoms with Crippen molar-refractivity contribution in [2.45, 2.75) is 19.3 Å². The zero-order chi connectivity index (χ0) is 10.8. The Bertz CT molecular complexity index is 331. The van der Waals surface area contributed by atoms with E-state index in [1.54, 1.807) is 0 Å². The van der Waals surface area contributed by atoms with Crippen LogP contribution in [0.2, 0.25) is 0 Å². The van der Waals surface area contributed by atoms with Crippen molar-refractivity contribution in [3.05, 3.63) is 24.0 Å². The van der Waals surface area contributed by atoms with Crippen LogP contribution in [0, 0.1) is 0 Å². The van der Waals surface area contributed by atoms with E-state index in [0.717, 1.165) is 0 Å². The van der Waals surface area contributed by atoms with E-state index in [2.05, 4.69) is 16.9 Å². The number of hydrogen-bond acceptors (Lipinski definition) is 3. The van der Waals surface area contributed by atoms with Gasteiger partial charge in [-0.1, -0.05) is 11.3 Å². The molecule has 14 heavy (non-hydrogen) atoms. The smallest absolute Gasteiger partial charge is 0.390 e. The zero-order valence-corrected chi connectivity index (χ0v) is 7.12. The molecule has 0 spiro atoms. The molecule has 0 aliphatic carbocycles. The van der Waals surface area contributed by atoms with Gasteiger partial charge in [0, 0.05) is 0 Å². The fourth-order valence-corrected chi connectivity index (χ4v) is 1.02. The average molecular weight is 207 g/mol.